The highest BCUT2D eigenvalue weighted by Gasteiger charge is 2.16. The molecule has 4 N–H and O–H groups in total. The van der Waals surface area contributed by atoms with E-state index in [0.717, 1.165) is 12.1 Å². The van der Waals surface area contributed by atoms with Gasteiger partial charge in [0, 0.05) is 12.1 Å². The highest BCUT2D eigenvalue weighted by molar-refractivity contribution is 5.62. The van der Waals surface area contributed by atoms with Gasteiger partial charge in [0.2, 0.25) is 5.75 Å². The molecule has 0 amide bonds. The zero-order valence-corrected chi connectivity index (χ0v) is 10.6. The zero-order chi connectivity index (χ0) is 15.6. The van der Waals surface area contributed by atoms with E-state index in [-0.39, 0.29) is 17.8 Å². The highest BCUT2D eigenvalue weighted by atomic mass is 19.1. The van der Waals surface area contributed by atoms with Crippen molar-refractivity contribution in [1.29, 1.82) is 0 Å². The van der Waals surface area contributed by atoms with Crippen molar-refractivity contribution in [2.45, 2.75) is 6.54 Å². The average molecular weight is 294 g/mol. The second-order valence-corrected chi connectivity index (χ2v) is 4.21. The molecule has 0 fully saturated rings. The summed E-state index contributed by atoms with van der Waals surface area (Å²) in [5.74, 6) is -2.43. The van der Waals surface area contributed by atoms with Crippen LogP contribution < -0.4 is 5.32 Å². The maximum Gasteiger partial charge on any atom is 0.295 e. The summed E-state index contributed by atoms with van der Waals surface area (Å²) in [6.07, 6.45) is 0. The van der Waals surface area contributed by atoms with Crippen LogP contribution in [0, 0.1) is 15.9 Å². The molecule has 0 spiro atoms. The summed E-state index contributed by atoms with van der Waals surface area (Å²) >= 11 is 0. The van der Waals surface area contributed by atoms with Crippen LogP contribution >= 0.6 is 0 Å². The molecule has 2 rings (SSSR count). The van der Waals surface area contributed by atoms with E-state index in [9.17, 15) is 29.8 Å². The smallest absolute Gasteiger partial charge is 0.295 e. The third-order valence-electron chi connectivity index (χ3n) is 2.84. The third kappa shape index (κ3) is 2.94. The first-order valence-corrected chi connectivity index (χ1v) is 5.80. The molecule has 0 aliphatic rings. The molecule has 0 saturated carbocycles. The average Bonchev–Trinajstić information content (AvgIpc) is 2.45. The van der Waals surface area contributed by atoms with E-state index in [0.29, 0.717) is 0 Å². The lowest BCUT2D eigenvalue weighted by Gasteiger charge is -2.10. The van der Waals surface area contributed by atoms with E-state index in [1.54, 1.807) is 0 Å². The maximum atomic E-state index is 13.0. The normalized spacial score (nSPS) is 10.3. The molecule has 0 radical (unpaired) electrons. The number of nitrogens with zero attached hydrogens (tertiary/aromatic N) is 1. The summed E-state index contributed by atoms with van der Waals surface area (Å²) in [6, 6.07) is 5.54. The molecule has 0 saturated heterocycles. The van der Waals surface area contributed by atoms with Crippen LogP contribution in [0.3, 0.4) is 0 Å². The lowest BCUT2D eigenvalue weighted by molar-refractivity contribution is -0.384. The van der Waals surface area contributed by atoms with Crippen LogP contribution in [0.25, 0.3) is 0 Å². The van der Waals surface area contributed by atoms with E-state index in [4.69, 9.17) is 0 Å². The van der Waals surface area contributed by atoms with Gasteiger partial charge in [0.05, 0.1) is 11.0 Å². The molecule has 0 aliphatic heterocycles. The van der Waals surface area contributed by atoms with E-state index < -0.39 is 33.7 Å². The molecular formula is C13H11FN2O5. The highest BCUT2D eigenvalue weighted by Crippen LogP contribution is 2.37. The number of hydrogen-bond acceptors (Lipinski definition) is 6. The number of aromatic hydroxyl groups is 3. The molecular weight excluding hydrogens is 283 g/mol. The Labute approximate surface area is 118 Å². The number of nitrogens with one attached hydrogen (secondary N) is 1. The lowest BCUT2D eigenvalue weighted by atomic mass is 10.1. The van der Waals surface area contributed by atoms with E-state index in [1.165, 1.54) is 18.2 Å². The second kappa shape index (κ2) is 5.53. The van der Waals surface area contributed by atoms with Crippen molar-refractivity contribution < 1.29 is 24.6 Å². The SMILES string of the molecule is O=[N+]([O-])c1cc(F)ccc1NCc1ccc(O)c(O)c1O. The number of rotatable bonds is 4. The van der Waals surface area contributed by atoms with Crippen molar-refractivity contribution in [3.63, 3.8) is 0 Å². The number of nitro groups is 1. The second-order valence-electron chi connectivity index (χ2n) is 4.21. The number of anilines is 1. The predicted molar refractivity (Wildman–Crippen MR) is 71.8 cm³/mol. The Hall–Kier alpha value is -3.03. The van der Waals surface area contributed by atoms with Crippen LogP contribution in [0.4, 0.5) is 15.8 Å². The van der Waals surface area contributed by atoms with Crippen molar-refractivity contribution >= 4 is 11.4 Å². The molecule has 2 aromatic rings. The molecule has 2 aromatic carbocycles. The Morgan fingerprint density at radius 3 is 2.52 bits per heavy atom. The van der Waals surface area contributed by atoms with Gasteiger partial charge in [0.1, 0.15) is 11.5 Å². The Morgan fingerprint density at radius 1 is 1.14 bits per heavy atom. The van der Waals surface area contributed by atoms with Crippen LogP contribution in [0.2, 0.25) is 0 Å². The first-order chi connectivity index (χ1) is 9.90. The summed E-state index contributed by atoms with van der Waals surface area (Å²) in [7, 11) is 0. The molecule has 7 nitrogen and oxygen atoms in total. The number of hydrogen-bond donors (Lipinski definition) is 4. The Morgan fingerprint density at radius 2 is 1.86 bits per heavy atom. The van der Waals surface area contributed by atoms with Gasteiger partial charge >= 0.3 is 0 Å². The summed E-state index contributed by atoms with van der Waals surface area (Å²) in [6.45, 7) is -0.0633. The van der Waals surface area contributed by atoms with Crippen LogP contribution in [0.5, 0.6) is 17.2 Å². The van der Waals surface area contributed by atoms with Crippen molar-refractivity contribution in [1.82, 2.24) is 0 Å². The number of phenolic OH excluding ortho intramolecular Hbond substituents is 3. The third-order valence-corrected chi connectivity index (χ3v) is 2.84. The first-order valence-electron chi connectivity index (χ1n) is 5.80. The number of nitro benzene ring substituents is 1. The van der Waals surface area contributed by atoms with Gasteiger partial charge in [-0.2, -0.15) is 0 Å². The number of phenols is 3. The van der Waals surface area contributed by atoms with Gasteiger partial charge in [-0.05, 0) is 24.3 Å². The lowest BCUT2D eigenvalue weighted by Crippen LogP contribution is -2.03. The minimum Gasteiger partial charge on any atom is -0.504 e. The first kappa shape index (κ1) is 14.4. The number of halogens is 1. The van der Waals surface area contributed by atoms with E-state index >= 15 is 0 Å². The number of benzene rings is 2. The van der Waals surface area contributed by atoms with E-state index in [1.807, 2.05) is 0 Å². The fraction of sp³-hybridized carbons (Fsp3) is 0.0769. The van der Waals surface area contributed by atoms with Crippen LogP contribution in [-0.4, -0.2) is 20.2 Å². The summed E-state index contributed by atoms with van der Waals surface area (Å²) < 4.78 is 13.0. The molecule has 0 aromatic heterocycles. The molecule has 0 bridgehead atoms. The minimum absolute atomic E-state index is 0.0633. The summed E-state index contributed by atoms with van der Waals surface area (Å²) in [5, 5.41) is 41.7. The molecule has 0 unspecified atom stereocenters. The van der Waals surface area contributed by atoms with Gasteiger partial charge in [-0.25, -0.2) is 4.39 Å². The predicted octanol–water partition coefficient (Wildman–Crippen LogP) is 2.46. The largest absolute Gasteiger partial charge is 0.504 e. The van der Waals surface area contributed by atoms with Crippen molar-refractivity contribution in [2.75, 3.05) is 5.32 Å². The van der Waals surface area contributed by atoms with Gasteiger partial charge < -0.3 is 20.6 Å². The monoisotopic (exact) mass is 294 g/mol. The van der Waals surface area contributed by atoms with Crippen molar-refractivity contribution in [2.24, 2.45) is 0 Å². The van der Waals surface area contributed by atoms with Crippen LogP contribution in [-0.2, 0) is 6.54 Å². The zero-order valence-electron chi connectivity index (χ0n) is 10.6. The van der Waals surface area contributed by atoms with Crippen molar-refractivity contribution in [3.8, 4) is 17.2 Å². The Balaban J connectivity index is 2.25. The standard InChI is InChI=1S/C13H11FN2O5/c14-8-2-3-9(10(5-8)16(20)21)15-6-7-1-4-11(17)13(19)12(7)18/h1-5,15,17-19H,6H2. The van der Waals surface area contributed by atoms with Gasteiger partial charge in [0.25, 0.3) is 5.69 Å². The summed E-state index contributed by atoms with van der Waals surface area (Å²) in [4.78, 5) is 10.1. The maximum absolute atomic E-state index is 13.0. The Bertz CT molecular complexity index is 705. The summed E-state index contributed by atoms with van der Waals surface area (Å²) in [5.41, 5.74) is -0.172. The van der Waals surface area contributed by atoms with Crippen LogP contribution in [0.1, 0.15) is 5.56 Å². The molecule has 0 aliphatic carbocycles. The molecule has 110 valence electrons. The van der Waals surface area contributed by atoms with Gasteiger partial charge in [-0.3, -0.25) is 10.1 Å². The molecule has 21 heavy (non-hydrogen) atoms. The molecule has 8 heteroatoms. The fourth-order valence-electron chi connectivity index (χ4n) is 1.75. The van der Waals surface area contributed by atoms with Gasteiger partial charge in [-0.1, -0.05) is 0 Å². The van der Waals surface area contributed by atoms with Crippen molar-refractivity contribution in [3.05, 3.63) is 51.8 Å². The van der Waals surface area contributed by atoms with Crippen LogP contribution in [0.15, 0.2) is 30.3 Å². The minimum atomic E-state index is -0.739. The quantitative estimate of drug-likeness (QED) is 0.391. The fourth-order valence-corrected chi connectivity index (χ4v) is 1.75. The molecule has 0 atom stereocenters. The Kier molecular flexibility index (Phi) is 3.79. The molecule has 0 heterocycles. The van der Waals surface area contributed by atoms with E-state index in [2.05, 4.69) is 5.32 Å². The topological polar surface area (TPSA) is 116 Å². The van der Waals surface area contributed by atoms with Gasteiger partial charge in [-0.15, -0.1) is 0 Å². The van der Waals surface area contributed by atoms with Gasteiger partial charge in [0.15, 0.2) is 11.5 Å².